The first-order chi connectivity index (χ1) is 16.2. The number of unbranched alkanes of at least 4 members (excludes halogenated alkanes) is 11. The smallest absolute Gasteiger partial charge is 0.338 e. The van der Waals surface area contributed by atoms with Crippen molar-refractivity contribution in [3.05, 3.63) is 29.8 Å². The molecule has 2 rings (SSSR count). The molecule has 1 saturated heterocycles. The predicted octanol–water partition coefficient (Wildman–Crippen LogP) is 8.52. The summed E-state index contributed by atoms with van der Waals surface area (Å²) < 4.78 is 15.6. The lowest BCUT2D eigenvalue weighted by Crippen LogP contribution is -2.05. The lowest BCUT2D eigenvalue weighted by molar-refractivity contribution is 0.0504. The van der Waals surface area contributed by atoms with Gasteiger partial charge in [-0.05, 0) is 43.9 Å². The van der Waals surface area contributed by atoms with E-state index in [-0.39, 0.29) is 5.97 Å². The van der Waals surface area contributed by atoms with E-state index in [1.807, 2.05) is 6.92 Å². The van der Waals surface area contributed by atoms with E-state index < -0.39 is 0 Å². The second kappa shape index (κ2) is 21.0. The van der Waals surface area contributed by atoms with Crippen LogP contribution in [0.15, 0.2) is 24.3 Å². The summed E-state index contributed by atoms with van der Waals surface area (Å²) in [7, 11) is 1.57. The van der Waals surface area contributed by atoms with Gasteiger partial charge in [-0.3, -0.25) is 0 Å². The minimum atomic E-state index is -0.300. The Kier molecular flexibility index (Phi) is 18.8. The number of benzene rings is 1. The van der Waals surface area contributed by atoms with Crippen molar-refractivity contribution >= 4 is 5.97 Å². The van der Waals surface area contributed by atoms with Gasteiger partial charge in [0.25, 0.3) is 0 Å². The number of methoxy groups -OCH3 is 1. The number of rotatable bonds is 17. The van der Waals surface area contributed by atoms with Gasteiger partial charge in [0.15, 0.2) is 0 Å². The Hall–Kier alpha value is -1.55. The summed E-state index contributed by atoms with van der Waals surface area (Å²) >= 11 is 0. The van der Waals surface area contributed by atoms with Crippen LogP contribution in [0.1, 0.15) is 127 Å². The van der Waals surface area contributed by atoms with E-state index in [9.17, 15) is 4.79 Å². The van der Waals surface area contributed by atoms with E-state index in [1.165, 1.54) is 96.3 Å². The van der Waals surface area contributed by atoms with E-state index >= 15 is 0 Å². The lowest BCUT2D eigenvalue weighted by atomic mass is 10.0. The van der Waals surface area contributed by atoms with Crippen LogP contribution in [0.2, 0.25) is 0 Å². The highest BCUT2D eigenvalue weighted by Gasteiger charge is 2.14. The predicted molar refractivity (Wildman–Crippen MR) is 138 cm³/mol. The minimum Gasteiger partial charge on any atom is -0.497 e. The first-order valence-electron chi connectivity index (χ1n) is 13.6. The summed E-state index contributed by atoms with van der Waals surface area (Å²) in [4.78, 5) is 11.4. The zero-order chi connectivity index (χ0) is 24.0. The Morgan fingerprint density at radius 1 is 0.909 bits per heavy atom. The van der Waals surface area contributed by atoms with Crippen LogP contribution in [0.3, 0.4) is 0 Å². The zero-order valence-corrected chi connectivity index (χ0v) is 21.7. The zero-order valence-electron chi connectivity index (χ0n) is 21.7. The van der Waals surface area contributed by atoms with Gasteiger partial charge >= 0.3 is 5.97 Å². The molecule has 0 radical (unpaired) electrons. The number of carbonyl (C=O) groups is 1. The van der Waals surface area contributed by atoms with Crippen LogP contribution in [0, 0.1) is 0 Å². The molecule has 1 fully saturated rings. The van der Waals surface area contributed by atoms with E-state index in [0.29, 0.717) is 24.0 Å². The SMILES string of the molecule is CCCCCCCCCCCCCCC1CCCO1.CCCOC(=O)c1cccc(OC)c1. The fraction of sp³-hybridized carbons (Fsp3) is 0.759. The van der Waals surface area contributed by atoms with Crippen molar-refractivity contribution in [3.8, 4) is 5.75 Å². The third-order valence-electron chi connectivity index (χ3n) is 6.15. The molecular formula is C29H50O4. The molecule has 0 bridgehead atoms. The molecule has 1 aliphatic rings. The second-order valence-electron chi connectivity index (χ2n) is 9.18. The monoisotopic (exact) mass is 462 g/mol. The average Bonchev–Trinajstić information content (AvgIpc) is 3.37. The molecule has 1 atom stereocenters. The number of hydrogen-bond acceptors (Lipinski definition) is 4. The molecule has 0 N–H and O–H groups in total. The van der Waals surface area contributed by atoms with Crippen molar-refractivity contribution in [3.63, 3.8) is 0 Å². The fourth-order valence-electron chi connectivity index (χ4n) is 4.11. The lowest BCUT2D eigenvalue weighted by Gasteiger charge is -2.08. The van der Waals surface area contributed by atoms with Crippen LogP contribution < -0.4 is 4.74 Å². The Morgan fingerprint density at radius 2 is 1.55 bits per heavy atom. The van der Waals surface area contributed by atoms with Gasteiger partial charge in [0.1, 0.15) is 5.75 Å². The van der Waals surface area contributed by atoms with E-state index in [0.717, 1.165) is 13.0 Å². The first kappa shape index (κ1) is 29.5. The molecule has 4 nitrogen and oxygen atoms in total. The molecule has 4 heteroatoms. The van der Waals surface area contributed by atoms with Crippen LogP contribution in [0.25, 0.3) is 0 Å². The van der Waals surface area contributed by atoms with Crippen LogP contribution in [-0.4, -0.2) is 32.4 Å². The topological polar surface area (TPSA) is 44.8 Å². The van der Waals surface area contributed by atoms with Gasteiger partial charge in [-0.1, -0.05) is 97.0 Å². The standard InChI is InChI=1S/C18H36O.C11H14O3/c1-2-3-4-5-6-7-8-9-10-11-12-13-15-18-16-14-17-19-18;1-3-7-14-11(12)9-5-4-6-10(8-9)13-2/h18H,2-17H2,1H3;4-6,8H,3,7H2,1-2H3. The number of hydrogen-bond donors (Lipinski definition) is 0. The maximum atomic E-state index is 11.4. The third-order valence-corrected chi connectivity index (χ3v) is 6.15. The molecule has 0 amide bonds. The van der Waals surface area contributed by atoms with Gasteiger partial charge < -0.3 is 14.2 Å². The number of carbonyl (C=O) groups excluding carboxylic acids is 1. The molecule has 1 aliphatic heterocycles. The molecule has 1 aromatic carbocycles. The highest BCUT2D eigenvalue weighted by molar-refractivity contribution is 5.89. The van der Waals surface area contributed by atoms with Crippen LogP contribution in [-0.2, 0) is 9.47 Å². The molecule has 0 saturated carbocycles. The van der Waals surface area contributed by atoms with Crippen molar-refractivity contribution < 1.29 is 19.0 Å². The minimum absolute atomic E-state index is 0.300. The normalized spacial score (nSPS) is 15.1. The van der Waals surface area contributed by atoms with E-state index in [2.05, 4.69) is 6.92 Å². The van der Waals surface area contributed by atoms with Gasteiger partial charge in [0.05, 0.1) is 25.4 Å². The van der Waals surface area contributed by atoms with Gasteiger partial charge in [0, 0.05) is 6.61 Å². The maximum Gasteiger partial charge on any atom is 0.338 e. The summed E-state index contributed by atoms with van der Waals surface area (Å²) in [5.74, 6) is 0.363. The largest absolute Gasteiger partial charge is 0.497 e. The fourth-order valence-corrected chi connectivity index (χ4v) is 4.11. The van der Waals surface area contributed by atoms with Crippen molar-refractivity contribution in [2.24, 2.45) is 0 Å². The Bertz CT molecular complexity index is 581. The summed E-state index contributed by atoms with van der Waals surface area (Å²) in [6.07, 6.45) is 22.7. The summed E-state index contributed by atoms with van der Waals surface area (Å²) in [6.45, 7) is 5.72. The Balaban J connectivity index is 0.000000346. The van der Waals surface area contributed by atoms with Crippen molar-refractivity contribution in [1.82, 2.24) is 0 Å². The molecule has 190 valence electrons. The molecule has 1 heterocycles. The van der Waals surface area contributed by atoms with Gasteiger partial charge in [0.2, 0.25) is 0 Å². The molecular weight excluding hydrogens is 412 g/mol. The average molecular weight is 463 g/mol. The number of esters is 1. The summed E-state index contributed by atoms with van der Waals surface area (Å²) in [6, 6.07) is 6.93. The highest BCUT2D eigenvalue weighted by Crippen LogP contribution is 2.19. The molecule has 33 heavy (non-hydrogen) atoms. The number of ether oxygens (including phenoxy) is 3. The highest BCUT2D eigenvalue weighted by atomic mass is 16.5. The van der Waals surface area contributed by atoms with Crippen molar-refractivity contribution in [2.45, 2.75) is 123 Å². The molecule has 1 aromatic rings. The summed E-state index contributed by atoms with van der Waals surface area (Å²) in [5.41, 5.74) is 0.526. The van der Waals surface area contributed by atoms with Crippen LogP contribution in [0.4, 0.5) is 0 Å². The van der Waals surface area contributed by atoms with Crippen LogP contribution >= 0.6 is 0 Å². The quantitative estimate of drug-likeness (QED) is 0.172. The first-order valence-corrected chi connectivity index (χ1v) is 13.6. The van der Waals surface area contributed by atoms with Crippen molar-refractivity contribution in [2.75, 3.05) is 20.3 Å². The van der Waals surface area contributed by atoms with Gasteiger partial charge in [-0.2, -0.15) is 0 Å². The van der Waals surface area contributed by atoms with Gasteiger partial charge in [-0.25, -0.2) is 4.79 Å². The molecule has 0 aromatic heterocycles. The molecule has 1 unspecified atom stereocenters. The Labute approximate surface area is 203 Å². The second-order valence-corrected chi connectivity index (χ2v) is 9.18. The molecule has 0 spiro atoms. The van der Waals surface area contributed by atoms with Gasteiger partial charge in [-0.15, -0.1) is 0 Å². The molecule has 0 aliphatic carbocycles. The van der Waals surface area contributed by atoms with E-state index in [4.69, 9.17) is 14.2 Å². The van der Waals surface area contributed by atoms with Crippen LogP contribution in [0.5, 0.6) is 5.75 Å². The third kappa shape index (κ3) is 15.8. The summed E-state index contributed by atoms with van der Waals surface area (Å²) in [5, 5.41) is 0. The van der Waals surface area contributed by atoms with E-state index in [1.54, 1.807) is 31.4 Å². The van der Waals surface area contributed by atoms with Crippen molar-refractivity contribution in [1.29, 1.82) is 0 Å². The maximum absolute atomic E-state index is 11.4. The Morgan fingerprint density at radius 3 is 2.09 bits per heavy atom.